The summed E-state index contributed by atoms with van der Waals surface area (Å²) in [6, 6.07) is 45.3. The minimum Gasteiger partial charge on any atom is -0.501 e. The third kappa shape index (κ3) is 6.47. The van der Waals surface area contributed by atoms with Gasteiger partial charge in [-0.3, -0.25) is 0 Å². The molecule has 0 N–H and O–H groups in total. The molecule has 0 spiro atoms. The van der Waals surface area contributed by atoms with Crippen molar-refractivity contribution in [1.29, 1.82) is 0 Å². The Morgan fingerprint density at radius 3 is 2.14 bits per heavy atom. The van der Waals surface area contributed by atoms with Crippen molar-refractivity contribution in [2.24, 2.45) is 0 Å². The summed E-state index contributed by atoms with van der Waals surface area (Å²) in [4.78, 5) is 8.97. The van der Waals surface area contributed by atoms with E-state index in [1.165, 1.54) is 9.96 Å². The fraction of sp³-hybridized carbons (Fsp3) is 0.0811. The Balaban J connectivity index is 0.000000181. The van der Waals surface area contributed by atoms with Gasteiger partial charge in [0.1, 0.15) is 5.58 Å². The molecule has 209 valence electrons. The van der Waals surface area contributed by atoms with Gasteiger partial charge in [-0.1, -0.05) is 65.5 Å². The molecule has 7 rings (SSSR count). The Kier molecular flexibility index (Phi) is 9.18. The molecule has 0 saturated carbocycles. The predicted octanol–water partition coefficient (Wildman–Crippen LogP) is 9.21. The van der Waals surface area contributed by atoms with Crippen molar-refractivity contribution in [2.75, 3.05) is 0 Å². The van der Waals surface area contributed by atoms with Crippen molar-refractivity contribution >= 4 is 39.6 Å². The Labute approximate surface area is 263 Å². The third-order valence-corrected chi connectivity index (χ3v) is 11.3. The molecule has 3 aromatic heterocycles. The molecule has 0 saturated heterocycles. The maximum Gasteiger partial charge on any atom is 0.121 e. The van der Waals surface area contributed by atoms with E-state index in [0.29, 0.717) is 0 Å². The van der Waals surface area contributed by atoms with E-state index in [4.69, 9.17) is 4.42 Å². The zero-order valence-corrected chi connectivity index (χ0v) is 28.3. The van der Waals surface area contributed by atoms with Gasteiger partial charge in [0.25, 0.3) is 0 Å². The zero-order chi connectivity index (χ0) is 28.2. The van der Waals surface area contributed by atoms with Crippen LogP contribution in [0.25, 0.3) is 55.6 Å². The van der Waals surface area contributed by atoms with Crippen LogP contribution in [-0.4, -0.2) is 23.2 Å². The molecule has 0 bridgehead atoms. The number of rotatable bonds is 4. The first-order chi connectivity index (χ1) is 20.0. The fourth-order valence-corrected chi connectivity index (χ4v) is 6.97. The van der Waals surface area contributed by atoms with Gasteiger partial charge in [0.15, 0.2) is 0 Å². The molecule has 0 aliphatic rings. The van der Waals surface area contributed by atoms with Crippen molar-refractivity contribution in [3.63, 3.8) is 0 Å². The van der Waals surface area contributed by atoms with Gasteiger partial charge in [0, 0.05) is 31.7 Å². The maximum absolute atomic E-state index is 6.23. The van der Waals surface area contributed by atoms with E-state index in [2.05, 4.69) is 87.9 Å². The van der Waals surface area contributed by atoms with E-state index < -0.39 is 13.3 Å². The summed E-state index contributed by atoms with van der Waals surface area (Å²) in [5.41, 5.74) is 7.89. The molecule has 3 nitrogen and oxygen atoms in total. The minimum absolute atomic E-state index is 0. The fourth-order valence-electron chi connectivity index (χ4n) is 4.80. The molecule has 0 aliphatic heterocycles. The van der Waals surface area contributed by atoms with E-state index in [0.717, 1.165) is 50.0 Å². The van der Waals surface area contributed by atoms with Crippen LogP contribution in [0, 0.1) is 12.1 Å². The largest absolute Gasteiger partial charge is 0.501 e. The molecule has 0 aliphatic carbocycles. The van der Waals surface area contributed by atoms with Crippen LogP contribution < -0.4 is 4.40 Å². The van der Waals surface area contributed by atoms with E-state index in [1.54, 1.807) is 6.20 Å². The van der Waals surface area contributed by atoms with Crippen LogP contribution in [0.5, 0.6) is 0 Å². The van der Waals surface area contributed by atoms with Gasteiger partial charge in [0.2, 0.25) is 0 Å². The Hall–Kier alpha value is -3.83. The second kappa shape index (κ2) is 13.0. The SMILES string of the molecule is [CH3][Ge]([CH3])([CH3])[c]1ccc(-c2[c-]cccc2)nc1.[Ir].[c-]1ccc2c(oc3cc(-c4ccccc4)ccc32)c1-c1ccccn1. The molecule has 7 aromatic rings. The molecule has 3 heterocycles. The topological polar surface area (TPSA) is 38.9 Å². The summed E-state index contributed by atoms with van der Waals surface area (Å²) < 4.78 is 7.67. The third-order valence-electron chi connectivity index (χ3n) is 7.08. The molecule has 42 heavy (non-hydrogen) atoms. The quantitative estimate of drug-likeness (QED) is 0.132. The predicted molar refractivity (Wildman–Crippen MR) is 173 cm³/mol. The first-order valence-corrected chi connectivity index (χ1v) is 21.1. The Morgan fingerprint density at radius 1 is 0.643 bits per heavy atom. The molecular weight excluding hydrogens is 753 g/mol. The summed E-state index contributed by atoms with van der Waals surface area (Å²) in [6.07, 6.45) is 3.83. The van der Waals surface area contributed by atoms with Gasteiger partial charge in [0.05, 0.1) is 5.58 Å². The molecule has 0 fully saturated rings. The monoisotopic (exact) mass is 785 g/mol. The number of aromatic nitrogens is 2. The average Bonchev–Trinajstić information content (AvgIpc) is 3.40. The number of hydrogen-bond donors (Lipinski definition) is 0. The number of pyridine rings is 2. The van der Waals surface area contributed by atoms with Gasteiger partial charge < -0.3 is 9.40 Å². The number of nitrogens with zero attached hydrogens (tertiary/aromatic N) is 2. The summed E-state index contributed by atoms with van der Waals surface area (Å²) in [5.74, 6) is 7.14. The normalized spacial score (nSPS) is 11.0. The average molecular weight is 783 g/mol. The number of benzene rings is 4. The molecule has 0 atom stereocenters. The van der Waals surface area contributed by atoms with Crippen molar-refractivity contribution in [3.05, 3.63) is 140 Å². The van der Waals surface area contributed by atoms with Gasteiger partial charge in [-0.15, -0.1) is 18.2 Å². The van der Waals surface area contributed by atoms with Gasteiger partial charge >= 0.3 is 99.8 Å². The van der Waals surface area contributed by atoms with Gasteiger partial charge in [-0.05, 0) is 29.0 Å². The van der Waals surface area contributed by atoms with Crippen LogP contribution in [0.3, 0.4) is 0 Å². The summed E-state index contributed by atoms with van der Waals surface area (Å²) >= 11 is -1.72. The molecule has 1 radical (unpaired) electrons. The number of furan rings is 1. The van der Waals surface area contributed by atoms with Crippen LogP contribution in [-0.2, 0) is 20.1 Å². The Bertz CT molecular complexity index is 1900. The van der Waals surface area contributed by atoms with Crippen LogP contribution in [0.1, 0.15) is 0 Å². The van der Waals surface area contributed by atoms with Crippen LogP contribution in [0.4, 0.5) is 0 Å². The first-order valence-electron chi connectivity index (χ1n) is 13.7. The van der Waals surface area contributed by atoms with E-state index >= 15 is 0 Å². The smallest absolute Gasteiger partial charge is 0.121 e. The summed E-state index contributed by atoms with van der Waals surface area (Å²) in [6.45, 7) is 0. The van der Waals surface area contributed by atoms with Gasteiger partial charge in [-0.25, -0.2) is 0 Å². The molecule has 0 amide bonds. The van der Waals surface area contributed by atoms with Crippen molar-refractivity contribution < 1.29 is 24.5 Å². The maximum atomic E-state index is 6.23. The number of hydrogen-bond acceptors (Lipinski definition) is 3. The second-order valence-electron chi connectivity index (χ2n) is 10.9. The minimum atomic E-state index is -1.72. The van der Waals surface area contributed by atoms with Crippen LogP contribution >= 0.6 is 0 Å². The van der Waals surface area contributed by atoms with Crippen molar-refractivity contribution in [3.8, 4) is 33.6 Å². The molecule has 4 aromatic carbocycles. The standard InChI is InChI=1S/C23H14NO.C14H16GeN.Ir/c1-2-7-16(8-3-1)17-12-13-18-19-9-6-10-20(21-11-4-5-14-24-21)23(19)25-22(18)15-17;1-15(2,3)13-9-10-14(16-11-13)12-7-5-4-6-8-12;/h1-9,11-15H;4-7,9-11H,1-3H3;/q2*-1;. The van der Waals surface area contributed by atoms with E-state index in [-0.39, 0.29) is 20.1 Å². The molecule has 5 heteroatoms. The second-order valence-corrected chi connectivity index (χ2v) is 21.6. The molecular formula is C37H30GeIrN2O-2. The van der Waals surface area contributed by atoms with Crippen molar-refractivity contribution in [2.45, 2.75) is 17.3 Å². The Morgan fingerprint density at radius 2 is 1.45 bits per heavy atom. The molecule has 0 unspecified atom stereocenters. The summed E-state index contributed by atoms with van der Waals surface area (Å²) in [5, 5.41) is 2.20. The van der Waals surface area contributed by atoms with E-state index in [1.807, 2.05) is 72.9 Å². The van der Waals surface area contributed by atoms with E-state index in [9.17, 15) is 0 Å². The first kappa shape index (κ1) is 29.7. The van der Waals surface area contributed by atoms with Crippen LogP contribution in [0.2, 0.25) is 17.3 Å². The zero-order valence-electron chi connectivity index (χ0n) is 23.8. The van der Waals surface area contributed by atoms with Gasteiger partial charge in [-0.2, -0.15) is 0 Å². The van der Waals surface area contributed by atoms with Crippen molar-refractivity contribution in [1.82, 2.24) is 9.97 Å². The summed E-state index contributed by atoms with van der Waals surface area (Å²) in [7, 11) is 0. The number of fused-ring (bicyclic) bond motifs is 3. The van der Waals surface area contributed by atoms with Crippen LogP contribution in [0.15, 0.2) is 132 Å².